The minimum Gasteiger partial charge on any atom is -0.497 e. The third-order valence-electron chi connectivity index (χ3n) is 4.02. The number of benzene rings is 1. The van der Waals surface area contributed by atoms with Crippen molar-refractivity contribution in [2.75, 3.05) is 20.3 Å². The summed E-state index contributed by atoms with van der Waals surface area (Å²) in [6.45, 7) is 1.94. The van der Waals surface area contributed by atoms with E-state index in [2.05, 4.69) is 10.2 Å². The molecule has 23 heavy (non-hydrogen) atoms. The molecule has 0 unspecified atom stereocenters. The van der Waals surface area contributed by atoms with E-state index < -0.39 is 0 Å². The molecule has 2 aromatic rings. The number of amides is 1. The van der Waals surface area contributed by atoms with Gasteiger partial charge >= 0.3 is 0 Å². The smallest absolute Gasteiger partial charge is 0.223 e. The Bertz CT molecular complexity index is 651. The number of aromatic amines is 1. The Morgan fingerprint density at radius 3 is 2.87 bits per heavy atom. The van der Waals surface area contributed by atoms with Crippen molar-refractivity contribution in [1.29, 1.82) is 0 Å². The van der Waals surface area contributed by atoms with Crippen LogP contribution in [-0.4, -0.2) is 41.3 Å². The molecule has 3 rings (SSSR count). The van der Waals surface area contributed by atoms with Gasteiger partial charge in [0, 0.05) is 37.2 Å². The lowest BCUT2D eigenvalue weighted by atomic mass is 10.1. The van der Waals surface area contributed by atoms with Gasteiger partial charge in [-0.25, -0.2) is 0 Å². The fourth-order valence-electron chi connectivity index (χ4n) is 2.68. The SMILES string of the molecule is COc1ccc(OCCCC(=O)N2CCc3[nH]ncc3C2)cc1. The van der Waals surface area contributed by atoms with E-state index in [1.807, 2.05) is 35.4 Å². The lowest BCUT2D eigenvalue weighted by Gasteiger charge is -2.26. The molecule has 0 spiro atoms. The fraction of sp³-hybridized carbons (Fsp3) is 0.412. The largest absolute Gasteiger partial charge is 0.497 e. The van der Waals surface area contributed by atoms with Gasteiger partial charge in [0.15, 0.2) is 0 Å². The molecule has 0 saturated carbocycles. The van der Waals surface area contributed by atoms with Crippen LogP contribution in [0.4, 0.5) is 0 Å². The molecule has 6 nitrogen and oxygen atoms in total. The van der Waals surface area contributed by atoms with E-state index in [9.17, 15) is 4.79 Å². The Morgan fingerprint density at radius 2 is 2.09 bits per heavy atom. The number of carbonyl (C=O) groups excluding carboxylic acids is 1. The predicted molar refractivity (Wildman–Crippen MR) is 85.4 cm³/mol. The molecule has 6 heteroatoms. The monoisotopic (exact) mass is 315 g/mol. The van der Waals surface area contributed by atoms with E-state index in [0.717, 1.165) is 35.7 Å². The summed E-state index contributed by atoms with van der Waals surface area (Å²) in [5.74, 6) is 1.77. The number of ether oxygens (including phenoxy) is 2. The average molecular weight is 315 g/mol. The predicted octanol–water partition coefficient (Wildman–Crippen LogP) is 2.16. The summed E-state index contributed by atoms with van der Waals surface area (Å²) in [5, 5.41) is 7.01. The zero-order valence-electron chi connectivity index (χ0n) is 13.2. The molecule has 0 bridgehead atoms. The standard InChI is InChI=1S/C17H21N3O3/c1-22-14-4-6-15(7-5-14)23-10-2-3-17(21)20-9-8-16-13(12-20)11-18-19-16/h4-7,11H,2-3,8-10,12H2,1H3,(H,18,19). The van der Waals surface area contributed by atoms with Gasteiger partial charge in [0.25, 0.3) is 0 Å². The maximum absolute atomic E-state index is 12.2. The second-order valence-corrected chi connectivity index (χ2v) is 5.57. The van der Waals surface area contributed by atoms with Crippen LogP contribution in [0.1, 0.15) is 24.1 Å². The van der Waals surface area contributed by atoms with Crippen LogP contribution in [-0.2, 0) is 17.8 Å². The van der Waals surface area contributed by atoms with Gasteiger partial charge in [0.2, 0.25) is 5.91 Å². The summed E-state index contributed by atoms with van der Waals surface area (Å²) >= 11 is 0. The second kappa shape index (κ2) is 7.17. The van der Waals surface area contributed by atoms with Gasteiger partial charge in [0.1, 0.15) is 11.5 Å². The summed E-state index contributed by atoms with van der Waals surface area (Å²) < 4.78 is 10.7. The summed E-state index contributed by atoms with van der Waals surface area (Å²) in [4.78, 5) is 14.1. The van der Waals surface area contributed by atoms with Crippen molar-refractivity contribution in [1.82, 2.24) is 15.1 Å². The number of fused-ring (bicyclic) bond motifs is 1. The first-order valence-corrected chi connectivity index (χ1v) is 7.82. The molecule has 1 aliphatic rings. The first-order chi connectivity index (χ1) is 11.3. The summed E-state index contributed by atoms with van der Waals surface area (Å²) in [6, 6.07) is 7.45. The molecule has 0 saturated heterocycles. The molecule has 2 heterocycles. The van der Waals surface area contributed by atoms with Crippen molar-refractivity contribution in [2.24, 2.45) is 0 Å². The third kappa shape index (κ3) is 3.83. The molecule has 1 aliphatic heterocycles. The Labute approximate surface area is 135 Å². The quantitative estimate of drug-likeness (QED) is 0.830. The number of hydrogen-bond acceptors (Lipinski definition) is 4. The number of H-pyrrole nitrogens is 1. The molecule has 0 radical (unpaired) electrons. The van der Waals surface area contributed by atoms with Crippen molar-refractivity contribution in [3.8, 4) is 11.5 Å². The molecule has 0 atom stereocenters. The van der Waals surface area contributed by atoms with Crippen LogP contribution in [0.25, 0.3) is 0 Å². The zero-order chi connectivity index (χ0) is 16.1. The van der Waals surface area contributed by atoms with Gasteiger partial charge in [-0.15, -0.1) is 0 Å². The lowest BCUT2D eigenvalue weighted by Crippen LogP contribution is -2.35. The molecular weight excluding hydrogens is 294 g/mol. The highest BCUT2D eigenvalue weighted by molar-refractivity contribution is 5.76. The molecule has 1 N–H and O–H groups in total. The second-order valence-electron chi connectivity index (χ2n) is 5.57. The Kier molecular flexibility index (Phi) is 4.80. The van der Waals surface area contributed by atoms with Crippen LogP contribution in [0.15, 0.2) is 30.5 Å². The van der Waals surface area contributed by atoms with Crippen molar-refractivity contribution < 1.29 is 14.3 Å². The lowest BCUT2D eigenvalue weighted by molar-refractivity contribution is -0.132. The van der Waals surface area contributed by atoms with Gasteiger partial charge in [-0.05, 0) is 30.7 Å². The number of aromatic nitrogens is 2. The Morgan fingerprint density at radius 1 is 1.30 bits per heavy atom. The van der Waals surface area contributed by atoms with E-state index in [-0.39, 0.29) is 5.91 Å². The highest BCUT2D eigenvalue weighted by atomic mass is 16.5. The maximum Gasteiger partial charge on any atom is 0.223 e. The first kappa shape index (κ1) is 15.4. The number of nitrogens with zero attached hydrogens (tertiary/aromatic N) is 2. The highest BCUT2D eigenvalue weighted by Crippen LogP contribution is 2.18. The van der Waals surface area contributed by atoms with E-state index in [4.69, 9.17) is 9.47 Å². The van der Waals surface area contributed by atoms with Crippen molar-refractivity contribution in [3.63, 3.8) is 0 Å². The molecule has 1 aromatic carbocycles. The number of methoxy groups -OCH3 is 1. The van der Waals surface area contributed by atoms with Crippen LogP contribution >= 0.6 is 0 Å². The normalized spacial score (nSPS) is 13.5. The summed E-state index contributed by atoms with van der Waals surface area (Å²) in [6.07, 6.45) is 3.87. The average Bonchev–Trinajstić information content (AvgIpc) is 3.06. The summed E-state index contributed by atoms with van der Waals surface area (Å²) in [7, 11) is 1.63. The molecule has 0 fully saturated rings. The van der Waals surface area contributed by atoms with Gasteiger partial charge in [0.05, 0.1) is 19.9 Å². The summed E-state index contributed by atoms with van der Waals surface area (Å²) in [5.41, 5.74) is 2.27. The Balaban J connectivity index is 1.39. The van der Waals surface area contributed by atoms with Gasteiger partial charge < -0.3 is 14.4 Å². The maximum atomic E-state index is 12.2. The Hall–Kier alpha value is -2.50. The molecule has 1 aromatic heterocycles. The van der Waals surface area contributed by atoms with Crippen LogP contribution in [0, 0.1) is 0 Å². The van der Waals surface area contributed by atoms with Crippen molar-refractivity contribution in [2.45, 2.75) is 25.8 Å². The highest BCUT2D eigenvalue weighted by Gasteiger charge is 2.21. The minimum atomic E-state index is 0.176. The van der Waals surface area contributed by atoms with Gasteiger partial charge in [-0.3, -0.25) is 9.89 Å². The van der Waals surface area contributed by atoms with Gasteiger partial charge in [-0.2, -0.15) is 5.10 Å². The van der Waals surface area contributed by atoms with Crippen LogP contribution in [0.2, 0.25) is 0 Å². The zero-order valence-corrected chi connectivity index (χ0v) is 13.2. The minimum absolute atomic E-state index is 0.176. The van der Waals surface area contributed by atoms with E-state index >= 15 is 0 Å². The van der Waals surface area contributed by atoms with Gasteiger partial charge in [-0.1, -0.05) is 0 Å². The van der Waals surface area contributed by atoms with Crippen LogP contribution in [0.3, 0.4) is 0 Å². The molecule has 0 aliphatic carbocycles. The van der Waals surface area contributed by atoms with Crippen LogP contribution in [0.5, 0.6) is 11.5 Å². The van der Waals surface area contributed by atoms with Crippen molar-refractivity contribution >= 4 is 5.91 Å². The topological polar surface area (TPSA) is 67.5 Å². The van der Waals surface area contributed by atoms with Crippen molar-refractivity contribution in [3.05, 3.63) is 41.7 Å². The van der Waals surface area contributed by atoms with E-state index in [1.165, 1.54) is 0 Å². The molecular formula is C17H21N3O3. The number of nitrogens with one attached hydrogen (secondary N) is 1. The number of hydrogen-bond donors (Lipinski definition) is 1. The fourth-order valence-corrected chi connectivity index (χ4v) is 2.68. The number of rotatable bonds is 6. The van der Waals surface area contributed by atoms with E-state index in [1.54, 1.807) is 7.11 Å². The third-order valence-corrected chi connectivity index (χ3v) is 4.02. The first-order valence-electron chi connectivity index (χ1n) is 7.82. The molecule has 122 valence electrons. The molecule has 1 amide bonds. The van der Waals surface area contributed by atoms with Crippen LogP contribution < -0.4 is 9.47 Å². The van der Waals surface area contributed by atoms with E-state index in [0.29, 0.717) is 26.0 Å². The number of carbonyl (C=O) groups is 1.